The van der Waals surface area contributed by atoms with E-state index in [4.69, 9.17) is 4.52 Å². The van der Waals surface area contributed by atoms with E-state index in [1.165, 1.54) is 23.5 Å². The number of thiophene rings is 1. The zero-order chi connectivity index (χ0) is 21.1. The Bertz CT molecular complexity index is 1080. The fraction of sp³-hybridized carbons (Fsp3) is 0.227. The van der Waals surface area contributed by atoms with Gasteiger partial charge in [0.05, 0.1) is 5.69 Å². The summed E-state index contributed by atoms with van der Waals surface area (Å²) >= 11 is 1.54. The van der Waals surface area contributed by atoms with Gasteiger partial charge in [0.2, 0.25) is 11.7 Å². The van der Waals surface area contributed by atoms with Crippen LogP contribution in [0.25, 0.3) is 16.5 Å². The van der Waals surface area contributed by atoms with E-state index in [1.54, 1.807) is 47.1 Å². The van der Waals surface area contributed by atoms with Crippen LogP contribution in [-0.4, -0.2) is 52.9 Å². The Balaban J connectivity index is 1.32. The van der Waals surface area contributed by atoms with E-state index >= 15 is 0 Å². The standard InChI is InChI=1S/C22H20FN3O3S/c1-15-14-19(29-24-15)22(28)26-12-10-25(11-13-26)21(27)9-7-18-6-8-20(30-18)16-2-4-17(23)5-3-16/h2-9,14H,10-13H2,1H3/b9-7+. The van der Waals surface area contributed by atoms with Gasteiger partial charge in [-0.2, -0.15) is 0 Å². The third-order valence-corrected chi connectivity index (χ3v) is 5.96. The van der Waals surface area contributed by atoms with Crippen LogP contribution in [0.15, 0.2) is 53.1 Å². The fourth-order valence-corrected chi connectivity index (χ4v) is 4.14. The smallest absolute Gasteiger partial charge is 0.292 e. The average molecular weight is 425 g/mol. The number of amides is 2. The average Bonchev–Trinajstić information content (AvgIpc) is 3.41. The molecule has 0 aliphatic carbocycles. The van der Waals surface area contributed by atoms with Crippen LogP contribution in [0, 0.1) is 12.7 Å². The zero-order valence-electron chi connectivity index (χ0n) is 16.4. The van der Waals surface area contributed by atoms with E-state index in [0.717, 1.165) is 15.3 Å². The number of aromatic nitrogens is 1. The quantitative estimate of drug-likeness (QED) is 0.596. The highest BCUT2D eigenvalue weighted by Gasteiger charge is 2.26. The van der Waals surface area contributed by atoms with Crippen LogP contribution in [-0.2, 0) is 4.79 Å². The van der Waals surface area contributed by atoms with Gasteiger partial charge >= 0.3 is 0 Å². The summed E-state index contributed by atoms with van der Waals surface area (Å²) in [6.07, 6.45) is 3.34. The number of benzene rings is 1. The molecule has 8 heteroatoms. The summed E-state index contributed by atoms with van der Waals surface area (Å²) in [7, 11) is 0. The van der Waals surface area contributed by atoms with Gasteiger partial charge in [0, 0.05) is 48.1 Å². The molecule has 1 aromatic carbocycles. The minimum atomic E-state index is -0.265. The van der Waals surface area contributed by atoms with E-state index in [-0.39, 0.29) is 23.4 Å². The Labute approximate surface area is 177 Å². The molecule has 154 valence electrons. The number of hydrogen-bond donors (Lipinski definition) is 0. The molecule has 0 saturated carbocycles. The van der Waals surface area contributed by atoms with Gasteiger partial charge in [-0.25, -0.2) is 4.39 Å². The van der Waals surface area contributed by atoms with Crippen molar-refractivity contribution in [2.75, 3.05) is 26.2 Å². The lowest BCUT2D eigenvalue weighted by atomic mass is 10.2. The molecular weight excluding hydrogens is 405 g/mol. The molecule has 0 atom stereocenters. The van der Waals surface area contributed by atoms with Crippen LogP contribution in [0.5, 0.6) is 0 Å². The van der Waals surface area contributed by atoms with Crippen molar-refractivity contribution in [3.63, 3.8) is 0 Å². The Kier molecular flexibility index (Phi) is 5.76. The van der Waals surface area contributed by atoms with Crippen LogP contribution in [0.4, 0.5) is 4.39 Å². The van der Waals surface area contributed by atoms with Crippen molar-refractivity contribution in [3.8, 4) is 10.4 Å². The number of nitrogens with zero attached hydrogens (tertiary/aromatic N) is 3. The molecule has 0 spiro atoms. The zero-order valence-corrected chi connectivity index (χ0v) is 17.2. The van der Waals surface area contributed by atoms with Crippen molar-refractivity contribution in [3.05, 3.63) is 70.7 Å². The molecule has 2 aromatic heterocycles. The molecule has 4 rings (SSSR count). The highest BCUT2D eigenvalue weighted by atomic mass is 32.1. The maximum absolute atomic E-state index is 13.1. The molecular formula is C22H20FN3O3S. The van der Waals surface area contributed by atoms with E-state index in [1.807, 2.05) is 12.1 Å². The molecule has 2 amide bonds. The highest BCUT2D eigenvalue weighted by molar-refractivity contribution is 7.16. The van der Waals surface area contributed by atoms with Crippen molar-refractivity contribution in [2.24, 2.45) is 0 Å². The molecule has 30 heavy (non-hydrogen) atoms. The number of hydrogen-bond acceptors (Lipinski definition) is 5. The van der Waals surface area contributed by atoms with Gasteiger partial charge in [-0.1, -0.05) is 17.3 Å². The maximum Gasteiger partial charge on any atom is 0.292 e. The number of halogens is 1. The minimum Gasteiger partial charge on any atom is -0.351 e. The van der Waals surface area contributed by atoms with Gasteiger partial charge in [0.1, 0.15) is 5.82 Å². The molecule has 6 nitrogen and oxygen atoms in total. The second kappa shape index (κ2) is 8.62. The lowest BCUT2D eigenvalue weighted by Crippen LogP contribution is -2.50. The highest BCUT2D eigenvalue weighted by Crippen LogP contribution is 2.29. The van der Waals surface area contributed by atoms with Crippen molar-refractivity contribution in [1.82, 2.24) is 15.0 Å². The molecule has 3 aromatic rings. The van der Waals surface area contributed by atoms with Gasteiger partial charge < -0.3 is 14.3 Å². The number of piperazine rings is 1. The van der Waals surface area contributed by atoms with Gasteiger partial charge in [-0.3, -0.25) is 9.59 Å². The topological polar surface area (TPSA) is 66.7 Å². The number of aryl methyl sites for hydroxylation is 1. The summed E-state index contributed by atoms with van der Waals surface area (Å²) in [5.74, 6) is -0.333. The van der Waals surface area contributed by atoms with Gasteiger partial charge in [-0.15, -0.1) is 11.3 Å². The maximum atomic E-state index is 13.1. The van der Waals surface area contributed by atoms with Crippen LogP contribution < -0.4 is 0 Å². The van der Waals surface area contributed by atoms with Crippen LogP contribution in [0.1, 0.15) is 21.1 Å². The van der Waals surface area contributed by atoms with Crippen molar-refractivity contribution >= 4 is 29.2 Å². The summed E-state index contributed by atoms with van der Waals surface area (Å²) in [6, 6.07) is 11.8. The van der Waals surface area contributed by atoms with Crippen LogP contribution >= 0.6 is 11.3 Å². The molecule has 3 heterocycles. The molecule has 1 aliphatic heterocycles. The summed E-state index contributed by atoms with van der Waals surface area (Å²) in [5, 5.41) is 3.74. The molecule has 1 saturated heterocycles. The summed E-state index contributed by atoms with van der Waals surface area (Å²) in [4.78, 5) is 30.2. The molecule has 0 bridgehead atoms. The van der Waals surface area contributed by atoms with E-state index in [0.29, 0.717) is 31.9 Å². The first-order chi connectivity index (χ1) is 14.5. The third kappa shape index (κ3) is 4.49. The number of carbonyl (C=O) groups is 2. The SMILES string of the molecule is Cc1cc(C(=O)N2CCN(C(=O)/C=C/c3ccc(-c4ccc(F)cc4)s3)CC2)on1. The largest absolute Gasteiger partial charge is 0.351 e. The lowest BCUT2D eigenvalue weighted by Gasteiger charge is -2.33. The van der Waals surface area contributed by atoms with Crippen molar-refractivity contribution in [2.45, 2.75) is 6.92 Å². The second-order valence-corrected chi connectivity index (χ2v) is 8.11. The summed E-state index contributed by atoms with van der Waals surface area (Å²) in [5.41, 5.74) is 1.60. The summed E-state index contributed by atoms with van der Waals surface area (Å²) in [6.45, 7) is 3.60. The van der Waals surface area contributed by atoms with Crippen molar-refractivity contribution < 1.29 is 18.5 Å². The molecule has 0 radical (unpaired) electrons. The summed E-state index contributed by atoms with van der Waals surface area (Å²) < 4.78 is 18.1. The van der Waals surface area contributed by atoms with E-state index in [9.17, 15) is 14.0 Å². The van der Waals surface area contributed by atoms with Gasteiger partial charge in [0.25, 0.3) is 5.91 Å². The van der Waals surface area contributed by atoms with Gasteiger partial charge in [0.15, 0.2) is 0 Å². The second-order valence-electron chi connectivity index (χ2n) is 6.99. The third-order valence-electron chi connectivity index (χ3n) is 4.86. The molecule has 1 fully saturated rings. The van der Waals surface area contributed by atoms with E-state index in [2.05, 4.69) is 5.16 Å². The monoisotopic (exact) mass is 425 g/mol. The van der Waals surface area contributed by atoms with E-state index < -0.39 is 0 Å². The number of rotatable bonds is 4. The first-order valence-electron chi connectivity index (χ1n) is 9.55. The Morgan fingerprint density at radius 3 is 2.43 bits per heavy atom. The van der Waals surface area contributed by atoms with Crippen LogP contribution in [0.2, 0.25) is 0 Å². The first-order valence-corrected chi connectivity index (χ1v) is 10.4. The molecule has 0 unspecified atom stereocenters. The first kappa shape index (κ1) is 20.0. The van der Waals surface area contributed by atoms with Crippen molar-refractivity contribution in [1.29, 1.82) is 0 Å². The Morgan fingerprint density at radius 2 is 1.77 bits per heavy atom. The Hall–Kier alpha value is -3.26. The Morgan fingerprint density at radius 1 is 1.07 bits per heavy atom. The minimum absolute atomic E-state index is 0.0886. The van der Waals surface area contributed by atoms with Gasteiger partial charge in [-0.05, 0) is 42.8 Å². The normalized spacial score (nSPS) is 14.5. The van der Waals surface area contributed by atoms with Crippen LogP contribution in [0.3, 0.4) is 0 Å². The molecule has 1 aliphatic rings. The predicted octanol–water partition coefficient (Wildman–Crippen LogP) is 3.85. The lowest BCUT2D eigenvalue weighted by molar-refractivity contribution is -0.127. The molecule has 0 N–H and O–H groups in total. The predicted molar refractivity (Wildman–Crippen MR) is 112 cm³/mol. The fourth-order valence-electron chi connectivity index (χ4n) is 3.22. The number of carbonyl (C=O) groups excluding carboxylic acids is 2.